The van der Waals surface area contributed by atoms with Crippen LogP contribution in [-0.4, -0.2) is 36.7 Å². The Labute approximate surface area is 108 Å². The molecule has 0 aliphatic carbocycles. The van der Waals surface area contributed by atoms with Gasteiger partial charge in [0.2, 0.25) is 5.91 Å². The number of hydrogen-bond donors (Lipinski definition) is 2. The average Bonchev–Trinajstić information content (AvgIpc) is 2.35. The van der Waals surface area contributed by atoms with Crippen LogP contribution in [0, 0.1) is 0 Å². The quantitative estimate of drug-likeness (QED) is 0.487. The van der Waals surface area contributed by atoms with Gasteiger partial charge in [0.25, 0.3) is 0 Å². The summed E-state index contributed by atoms with van der Waals surface area (Å²) in [7, 11) is 0. The molecule has 0 saturated heterocycles. The first-order valence-corrected chi connectivity index (χ1v) is 6.27. The van der Waals surface area contributed by atoms with Crippen LogP contribution in [0.5, 0.6) is 0 Å². The topological polar surface area (TPSA) is 75.6 Å². The maximum atomic E-state index is 11.6. The van der Waals surface area contributed by atoms with Crippen molar-refractivity contribution in [3.8, 4) is 0 Å². The van der Waals surface area contributed by atoms with Crippen molar-refractivity contribution in [2.45, 2.75) is 40.0 Å². The number of aliphatic carboxylic acids is 1. The van der Waals surface area contributed by atoms with E-state index in [-0.39, 0.29) is 17.1 Å². The molecule has 0 fully saturated rings. The fourth-order valence-corrected chi connectivity index (χ4v) is 1.19. The van der Waals surface area contributed by atoms with Gasteiger partial charge in [0.15, 0.2) is 0 Å². The highest BCUT2D eigenvalue weighted by atomic mass is 16.5. The van der Waals surface area contributed by atoms with Crippen molar-refractivity contribution in [3.05, 3.63) is 11.1 Å². The lowest BCUT2D eigenvalue weighted by atomic mass is 10.1. The van der Waals surface area contributed by atoms with E-state index in [0.717, 1.165) is 25.9 Å². The number of carbonyl (C=O) groups is 2. The number of nitrogens with one attached hydrogen (secondary N) is 1. The summed E-state index contributed by atoms with van der Waals surface area (Å²) >= 11 is 0. The third kappa shape index (κ3) is 7.06. The second kappa shape index (κ2) is 9.65. The SMILES string of the molecule is CCCCOCCCNC(=O)/C(C)=C(/C)C(=O)O. The molecule has 2 N–H and O–H groups in total. The van der Waals surface area contributed by atoms with Crippen molar-refractivity contribution < 1.29 is 19.4 Å². The summed E-state index contributed by atoms with van der Waals surface area (Å²) in [5, 5.41) is 11.4. The number of hydrogen-bond acceptors (Lipinski definition) is 3. The number of carbonyl (C=O) groups excluding carboxylic acids is 1. The Balaban J connectivity index is 3.78. The molecule has 0 heterocycles. The van der Waals surface area contributed by atoms with Crippen LogP contribution in [0.4, 0.5) is 0 Å². The van der Waals surface area contributed by atoms with E-state index in [1.807, 2.05) is 0 Å². The molecular formula is C13H23NO4. The standard InChI is InChI=1S/C13H23NO4/c1-4-5-8-18-9-6-7-14-12(15)10(2)11(3)13(16)17/h4-9H2,1-3H3,(H,14,15)(H,16,17)/b11-10-. The number of amides is 1. The molecule has 0 atom stereocenters. The maximum Gasteiger partial charge on any atom is 0.331 e. The van der Waals surface area contributed by atoms with Crippen molar-refractivity contribution >= 4 is 11.9 Å². The van der Waals surface area contributed by atoms with Crippen LogP contribution in [0.1, 0.15) is 40.0 Å². The van der Waals surface area contributed by atoms with Crippen molar-refractivity contribution in [1.29, 1.82) is 0 Å². The summed E-state index contributed by atoms with van der Waals surface area (Å²) < 4.78 is 5.34. The minimum absolute atomic E-state index is 0.0756. The minimum Gasteiger partial charge on any atom is -0.478 e. The molecule has 0 aliphatic heterocycles. The molecule has 5 nitrogen and oxygen atoms in total. The van der Waals surface area contributed by atoms with Gasteiger partial charge in [-0.15, -0.1) is 0 Å². The first kappa shape index (κ1) is 16.6. The second-order valence-electron chi connectivity index (χ2n) is 4.13. The Hall–Kier alpha value is -1.36. The Morgan fingerprint density at radius 1 is 1.11 bits per heavy atom. The number of carboxylic acids is 1. The van der Waals surface area contributed by atoms with E-state index in [4.69, 9.17) is 9.84 Å². The molecule has 0 aliphatic rings. The van der Waals surface area contributed by atoms with E-state index in [0.29, 0.717) is 13.2 Å². The van der Waals surface area contributed by atoms with Gasteiger partial charge in [-0.25, -0.2) is 4.79 Å². The van der Waals surface area contributed by atoms with Crippen LogP contribution in [0.3, 0.4) is 0 Å². The molecule has 0 rings (SSSR count). The maximum absolute atomic E-state index is 11.6. The zero-order chi connectivity index (χ0) is 14.0. The third-order valence-electron chi connectivity index (χ3n) is 2.62. The van der Waals surface area contributed by atoms with Gasteiger partial charge >= 0.3 is 5.97 Å². The number of ether oxygens (including phenoxy) is 1. The smallest absolute Gasteiger partial charge is 0.331 e. The molecule has 0 saturated carbocycles. The molecule has 0 radical (unpaired) electrons. The minimum atomic E-state index is -1.06. The number of carboxylic acid groups (broad SMARTS) is 1. The molecule has 1 amide bonds. The Morgan fingerprint density at radius 2 is 1.72 bits per heavy atom. The largest absolute Gasteiger partial charge is 0.478 e. The molecule has 0 aromatic carbocycles. The summed E-state index contributed by atoms with van der Waals surface area (Å²) in [6.07, 6.45) is 2.88. The normalized spacial score (nSPS) is 11.9. The highest BCUT2D eigenvalue weighted by Gasteiger charge is 2.11. The van der Waals surface area contributed by atoms with Gasteiger partial charge < -0.3 is 15.2 Å². The predicted molar refractivity (Wildman–Crippen MR) is 69.4 cm³/mol. The van der Waals surface area contributed by atoms with Gasteiger partial charge in [0.1, 0.15) is 0 Å². The fourth-order valence-electron chi connectivity index (χ4n) is 1.19. The average molecular weight is 257 g/mol. The molecule has 0 unspecified atom stereocenters. The van der Waals surface area contributed by atoms with Gasteiger partial charge in [-0.3, -0.25) is 4.79 Å². The van der Waals surface area contributed by atoms with Crippen molar-refractivity contribution in [2.75, 3.05) is 19.8 Å². The summed E-state index contributed by atoms with van der Waals surface area (Å²) in [4.78, 5) is 22.2. The highest BCUT2D eigenvalue weighted by molar-refractivity contribution is 6.01. The molecular weight excluding hydrogens is 234 g/mol. The number of rotatable bonds is 9. The molecule has 0 bridgehead atoms. The van der Waals surface area contributed by atoms with E-state index in [1.165, 1.54) is 13.8 Å². The van der Waals surface area contributed by atoms with Gasteiger partial charge in [0.05, 0.1) is 0 Å². The first-order chi connectivity index (χ1) is 8.50. The van der Waals surface area contributed by atoms with E-state index < -0.39 is 5.97 Å². The number of unbranched alkanes of at least 4 members (excludes halogenated alkanes) is 1. The first-order valence-electron chi connectivity index (χ1n) is 6.27. The summed E-state index contributed by atoms with van der Waals surface area (Å²) in [5.41, 5.74) is 0.320. The van der Waals surface area contributed by atoms with Crippen LogP contribution in [0.25, 0.3) is 0 Å². The van der Waals surface area contributed by atoms with E-state index in [2.05, 4.69) is 12.2 Å². The lowest BCUT2D eigenvalue weighted by Crippen LogP contribution is -2.27. The van der Waals surface area contributed by atoms with Crippen LogP contribution in [0.2, 0.25) is 0 Å². The molecule has 104 valence electrons. The van der Waals surface area contributed by atoms with E-state index in [9.17, 15) is 9.59 Å². The zero-order valence-electron chi connectivity index (χ0n) is 11.4. The monoisotopic (exact) mass is 257 g/mol. The molecule has 18 heavy (non-hydrogen) atoms. The Bertz CT molecular complexity index is 310. The molecule has 0 aromatic rings. The summed E-state index contributed by atoms with van der Waals surface area (Å²) in [6.45, 7) is 6.89. The second-order valence-corrected chi connectivity index (χ2v) is 4.13. The van der Waals surface area contributed by atoms with Crippen LogP contribution in [0.15, 0.2) is 11.1 Å². The third-order valence-corrected chi connectivity index (χ3v) is 2.62. The van der Waals surface area contributed by atoms with Crippen molar-refractivity contribution in [1.82, 2.24) is 5.32 Å². The summed E-state index contributed by atoms with van der Waals surface area (Å²) in [6, 6.07) is 0. The van der Waals surface area contributed by atoms with Gasteiger partial charge in [-0.05, 0) is 26.7 Å². The molecule has 0 spiro atoms. The highest BCUT2D eigenvalue weighted by Crippen LogP contribution is 2.03. The van der Waals surface area contributed by atoms with E-state index >= 15 is 0 Å². The van der Waals surface area contributed by atoms with Gasteiger partial charge in [-0.1, -0.05) is 13.3 Å². The van der Waals surface area contributed by atoms with Crippen LogP contribution >= 0.6 is 0 Å². The molecule has 5 heteroatoms. The predicted octanol–water partition coefficient (Wildman–Crippen LogP) is 1.73. The Morgan fingerprint density at radius 3 is 2.28 bits per heavy atom. The zero-order valence-corrected chi connectivity index (χ0v) is 11.4. The van der Waals surface area contributed by atoms with Crippen LogP contribution in [-0.2, 0) is 14.3 Å². The van der Waals surface area contributed by atoms with Crippen molar-refractivity contribution in [3.63, 3.8) is 0 Å². The van der Waals surface area contributed by atoms with Gasteiger partial charge in [0, 0.05) is 30.9 Å². The summed E-state index contributed by atoms with van der Waals surface area (Å²) in [5.74, 6) is -1.39. The van der Waals surface area contributed by atoms with Crippen LogP contribution < -0.4 is 5.32 Å². The molecule has 0 aromatic heterocycles. The fraction of sp³-hybridized carbons (Fsp3) is 0.692. The lowest BCUT2D eigenvalue weighted by molar-refractivity contribution is -0.133. The van der Waals surface area contributed by atoms with E-state index in [1.54, 1.807) is 0 Å². The van der Waals surface area contributed by atoms with Gasteiger partial charge in [-0.2, -0.15) is 0 Å². The van der Waals surface area contributed by atoms with Crippen molar-refractivity contribution in [2.24, 2.45) is 0 Å². The Kier molecular flexibility index (Phi) is 8.92. The lowest BCUT2D eigenvalue weighted by Gasteiger charge is -2.07.